The van der Waals surface area contributed by atoms with E-state index in [9.17, 15) is 18.0 Å². The van der Waals surface area contributed by atoms with Crippen molar-refractivity contribution in [2.24, 2.45) is 23.7 Å². The van der Waals surface area contributed by atoms with Crippen LogP contribution >= 0.6 is 0 Å². The molecule has 5 heteroatoms. The summed E-state index contributed by atoms with van der Waals surface area (Å²) in [7, 11) is 0. The van der Waals surface area contributed by atoms with E-state index in [0.717, 1.165) is 30.6 Å². The second kappa shape index (κ2) is 11.4. The smallest absolute Gasteiger partial charge is 0.267 e. The Morgan fingerprint density at radius 2 is 1.55 bits per heavy atom. The zero-order valence-corrected chi connectivity index (χ0v) is 19.0. The van der Waals surface area contributed by atoms with Crippen LogP contribution in [0.4, 0.5) is 13.2 Å². The van der Waals surface area contributed by atoms with Crippen LogP contribution in [0.25, 0.3) is 0 Å². The number of Topliss-reactive ketones (excluding diaryl/α,β-unsaturated/α-hetero) is 1. The maximum absolute atomic E-state index is 14.7. The van der Waals surface area contributed by atoms with Crippen molar-refractivity contribution >= 4 is 5.78 Å². The first-order chi connectivity index (χ1) is 14.9. The minimum absolute atomic E-state index is 0.0584. The highest BCUT2D eigenvalue weighted by Gasteiger charge is 2.31. The molecule has 1 aromatic carbocycles. The van der Waals surface area contributed by atoms with Crippen LogP contribution in [0.5, 0.6) is 5.75 Å². The van der Waals surface area contributed by atoms with Crippen molar-refractivity contribution in [3.05, 3.63) is 29.1 Å². The zero-order chi connectivity index (χ0) is 22.4. The molecule has 0 N–H and O–H groups in total. The van der Waals surface area contributed by atoms with Gasteiger partial charge in [-0.2, -0.15) is 0 Å². The first-order valence-corrected chi connectivity index (χ1v) is 12.2. The van der Waals surface area contributed by atoms with Gasteiger partial charge < -0.3 is 4.74 Å². The molecule has 1 aromatic rings. The summed E-state index contributed by atoms with van der Waals surface area (Å²) in [6.45, 7) is 4.19. The molecule has 31 heavy (non-hydrogen) atoms. The monoisotopic (exact) mass is 438 g/mol. The van der Waals surface area contributed by atoms with Crippen molar-refractivity contribution in [3.63, 3.8) is 0 Å². The average molecular weight is 439 g/mol. The number of benzene rings is 1. The predicted molar refractivity (Wildman–Crippen MR) is 117 cm³/mol. The standard InChI is InChI=1S/C26H37F3O2/c1-3-5-17-6-10-19(11-7-17)20-12-8-18(9-13-20)16-31-23-15-14-21(22(30)4-2)24(25(23)27)26(28)29/h14-15,17-20,26H,3-13,16H2,1-2H3. The summed E-state index contributed by atoms with van der Waals surface area (Å²) in [5.74, 6) is 1.16. The first kappa shape index (κ1) is 24.1. The number of alkyl halides is 2. The van der Waals surface area contributed by atoms with Crippen molar-refractivity contribution in [1.82, 2.24) is 0 Å². The number of hydrogen-bond acceptors (Lipinski definition) is 2. The van der Waals surface area contributed by atoms with Crippen LogP contribution in [0, 0.1) is 29.5 Å². The van der Waals surface area contributed by atoms with Gasteiger partial charge in [-0.05, 0) is 74.3 Å². The van der Waals surface area contributed by atoms with Crippen LogP contribution < -0.4 is 4.74 Å². The van der Waals surface area contributed by atoms with E-state index in [1.165, 1.54) is 63.5 Å². The maximum atomic E-state index is 14.7. The zero-order valence-electron chi connectivity index (χ0n) is 19.0. The van der Waals surface area contributed by atoms with Crippen LogP contribution in [0.15, 0.2) is 12.1 Å². The molecule has 2 fully saturated rings. The number of ketones is 1. The Kier molecular flexibility index (Phi) is 8.85. The number of carbonyl (C=O) groups excluding carboxylic acids is 1. The third-order valence-electron chi connectivity index (χ3n) is 7.61. The lowest BCUT2D eigenvalue weighted by atomic mass is 9.69. The molecule has 0 amide bonds. The van der Waals surface area contributed by atoms with E-state index in [2.05, 4.69) is 6.92 Å². The molecule has 2 nitrogen and oxygen atoms in total. The summed E-state index contributed by atoms with van der Waals surface area (Å²) in [5, 5.41) is 0. The molecule has 0 heterocycles. The summed E-state index contributed by atoms with van der Waals surface area (Å²) in [6, 6.07) is 2.60. The number of carbonyl (C=O) groups is 1. The van der Waals surface area contributed by atoms with E-state index in [4.69, 9.17) is 4.74 Å². The van der Waals surface area contributed by atoms with Crippen LogP contribution in [0.1, 0.15) is 107 Å². The second-order valence-corrected chi connectivity index (χ2v) is 9.58. The van der Waals surface area contributed by atoms with Crippen molar-refractivity contribution in [2.45, 2.75) is 90.9 Å². The molecule has 0 radical (unpaired) electrons. The number of ether oxygens (including phenoxy) is 1. The third kappa shape index (κ3) is 6.04. The first-order valence-electron chi connectivity index (χ1n) is 12.2. The van der Waals surface area contributed by atoms with Gasteiger partial charge in [-0.1, -0.05) is 39.5 Å². The highest BCUT2D eigenvalue weighted by atomic mass is 19.3. The van der Waals surface area contributed by atoms with E-state index in [1.807, 2.05) is 0 Å². The minimum Gasteiger partial charge on any atom is -0.490 e. The molecule has 0 atom stereocenters. The number of halogens is 3. The topological polar surface area (TPSA) is 26.3 Å². The normalized spacial score (nSPS) is 26.8. The Labute approximate surface area is 184 Å². The lowest BCUT2D eigenvalue weighted by Crippen LogP contribution is -2.27. The van der Waals surface area contributed by atoms with Gasteiger partial charge in [0.15, 0.2) is 17.3 Å². The van der Waals surface area contributed by atoms with Gasteiger partial charge in [0.1, 0.15) is 0 Å². The lowest BCUT2D eigenvalue weighted by molar-refractivity contribution is 0.0969. The molecular weight excluding hydrogens is 401 g/mol. The average Bonchev–Trinajstić information content (AvgIpc) is 2.78. The summed E-state index contributed by atoms with van der Waals surface area (Å²) >= 11 is 0. The Hall–Kier alpha value is -1.52. The summed E-state index contributed by atoms with van der Waals surface area (Å²) in [6.07, 6.45) is 9.63. The fourth-order valence-electron chi connectivity index (χ4n) is 5.72. The van der Waals surface area contributed by atoms with Crippen LogP contribution in [-0.2, 0) is 0 Å². The van der Waals surface area contributed by atoms with Crippen molar-refractivity contribution in [1.29, 1.82) is 0 Å². The molecule has 0 saturated heterocycles. The predicted octanol–water partition coefficient (Wildman–Crippen LogP) is 8.15. The molecule has 0 bridgehead atoms. The Morgan fingerprint density at radius 3 is 2.06 bits per heavy atom. The van der Waals surface area contributed by atoms with Gasteiger partial charge in [-0.3, -0.25) is 4.79 Å². The summed E-state index contributed by atoms with van der Waals surface area (Å²) in [5.41, 5.74) is -1.07. The van der Waals surface area contributed by atoms with E-state index in [1.54, 1.807) is 6.92 Å². The van der Waals surface area contributed by atoms with Gasteiger partial charge in [0.05, 0.1) is 12.2 Å². The second-order valence-electron chi connectivity index (χ2n) is 9.58. The molecule has 3 rings (SSSR count). The van der Waals surface area contributed by atoms with Crippen molar-refractivity contribution in [2.75, 3.05) is 6.61 Å². The molecule has 2 saturated carbocycles. The van der Waals surface area contributed by atoms with E-state index in [0.29, 0.717) is 12.5 Å². The van der Waals surface area contributed by atoms with E-state index in [-0.39, 0.29) is 17.7 Å². The maximum Gasteiger partial charge on any atom is 0.267 e. The van der Waals surface area contributed by atoms with Gasteiger partial charge in [-0.15, -0.1) is 0 Å². The van der Waals surface area contributed by atoms with Gasteiger partial charge in [0.25, 0.3) is 6.43 Å². The molecule has 2 aliphatic rings. The van der Waals surface area contributed by atoms with Gasteiger partial charge in [-0.25, -0.2) is 13.2 Å². The molecular formula is C26H37F3O2. The van der Waals surface area contributed by atoms with Crippen LogP contribution in [0.2, 0.25) is 0 Å². The largest absolute Gasteiger partial charge is 0.490 e. The van der Waals surface area contributed by atoms with E-state index >= 15 is 0 Å². The molecule has 0 aliphatic heterocycles. The molecule has 2 aliphatic carbocycles. The summed E-state index contributed by atoms with van der Waals surface area (Å²) < 4.78 is 47.1. The quantitative estimate of drug-likeness (QED) is 0.364. The van der Waals surface area contributed by atoms with Gasteiger partial charge in [0, 0.05) is 12.0 Å². The van der Waals surface area contributed by atoms with Crippen molar-refractivity contribution in [3.8, 4) is 5.75 Å². The molecule has 174 valence electrons. The highest BCUT2D eigenvalue weighted by molar-refractivity contribution is 5.97. The Bertz CT molecular complexity index is 718. The number of rotatable bonds is 9. The highest BCUT2D eigenvalue weighted by Crippen LogP contribution is 2.42. The Morgan fingerprint density at radius 1 is 0.968 bits per heavy atom. The van der Waals surface area contributed by atoms with Crippen LogP contribution in [0.3, 0.4) is 0 Å². The molecule has 0 spiro atoms. The van der Waals surface area contributed by atoms with Gasteiger partial charge >= 0.3 is 0 Å². The van der Waals surface area contributed by atoms with Gasteiger partial charge in [0.2, 0.25) is 0 Å². The SMILES string of the molecule is CCCC1CCC(C2CCC(COc3ccc(C(=O)CC)c(C(F)F)c3F)CC2)CC1. The lowest BCUT2D eigenvalue weighted by Gasteiger charge is -2.37. The minimum atomic E-state index is -3.04. The third-order valence-corrected chi connectivity index (χ3v) is 7.61. The molecule has 0 unspecified atom stereocenters. The fraction of sp³-hybridized carbons (Fsp3) is 0.731. The molecule has 0 aromatic heterocycles. The van der Waals surface area contributed by atoms with E-state index < -0.39 is 23.6 Å². The van der Waals surface area contributed by atoms with Crippen molar-refractivity contribution < 1.29 is 22.7 Å². The Balaban J connectivity index is 1.51. The summed E-state index contributed by atoms with van der Waals surface area (Å²) in [4.78, 5) is 11.9. The number of hydrogen-bond donors (Lipinski definition) is 0. The van der Waals surface area contributed by atoms with Crippen LogP contribution in [-0.4, -0.2) is 12.4 Å². The fourth-order valence-corrected chi connectivity index (χ4v) is 5.72.